The molecule has 0 saturated carbocycles. The second-order valence-corrected chi connectivity index (χ2v) is 3.18. The van der Waals surface area contributed by atoms with Crippen molar-refractivity contribution in [2.75, 3.05) is 13.2 Å². The van der Waals surface area contributed by atoms with Gasteiger partial charge in [-0.25, -0.2) is 8.78 Å². The van der Waals surface area contributed by atoms with E-state index < -0.39 is 17.7 Å². The molecule has 3 nitrogen and oxygen atoms in total. The van der Waals surface area contributed by atoms with Gasteiger partial charge in [-0.15, -0.1) is 0 Å². The first-order valence-corrected chi connectivity index (χ1v) is 4.56. The first kappa shape index (κ1) is 12.0. The lowest BCUT2D eigenvalue weighted by molar-refractivity contribution is 0.170. The zero-order valence-electron chi connectivity index (χ0n) is 8.08. The fraction of sp³-hybridized carbons (Fsp3) is 0.400. The summed E-state index contributed by atoms with van der Waals surface area (Å²) in [5.41, 5.74) is 0.295. The Morgan fingerprint density at radius 3 is 2.40 bits per heavy atom. The second kappa shape index (κ2) is 5.75. The molecule has 0 spiro atoms. The van der Waals surface area contributed by atoms with Crippen LogP contribution in [-0.4, -0.2) is 29.5 Å². The largest absolute Gasteiger partial charge is 0.395 e. The topological polar surface area (TPSA) is 52.5 Å². The maximum Gasteiger partial charge on any atom is 0.130 e. The average molecular weight is 217 g/mol. The molecule has 15 heavy (non-hydrogen) atoms. The molecule has 0 heterocycles. The van der Waals surface area contributed by atoms with Crippen LogP contribution in [-0.2, 0) is 6.54 Å². The zero-order chi connectivity index (χ0) is 11.3. The monoisotopic (exact) mass is 217 g/mol. The van der Waals surface area contributed by atoms with E-state index in [9.17, 15) is 8.78 Å². The molecule has 0 aromatic heterocycles. The van der Waals surface area contributed by atoms with Crippen LogP contribution in [0, 0.1) is 11.6 Å². The van der Waals surface area contributed by atoms with E-state index in [1.807, 2.05) is 0 Å². The molecule has 1 rings (SSSR count). The Morgan fingerprint density at radius 1 is 1.20 bits per heavy atom. The normalized spacial score (nSPS) is 11.0. The molecular formula is C10H13F2NO2. The van der Waals surface area contributed by atoms with Crippen molar-refractivity contribution in [1.82, 2.24) is 5.32 Å². The Labute approximate surface area is 86.4 Å². The fourth-order valence-corrected chi connectivity index (χ4v) is 1.11. The number of halogens is 2. The van der Waals surface area contributed by atoms with Crippen LogP contribution < -0.4 is 5.32 Å². The number of hydrogen-bond donors (Lipinski definition) is 3. The third kappa shape index (κ3) is 3.54. The predicted octanol–water partition coefficient (Wildman–Crippen LogP) is 0.408. The average Bonchev–Trinajstić information content (AvgIpc) is 2.22. The van der Waals surface area contributed by atoms with Crippen molar-refractivity contribution in [2.24, 2.45) is 0 Å². The maximum absolute atomic E-state index is 13.1. The molecule has 0 fully saturated rings. The van der Waals surface area contributed by atoms with Crippen LogP contribution in [0.3, 0.4) is 0 Å². The SMILES string of the molecule is OCC(CO)NCc1ccc(F)cc1F. The van der Waals surface area contributed by atoms with Crippen LogP contribution in [0.2, 0.25) is 0 Å². The number of hydrogen-bond acceptors (Lipinski definition) is 3. The highest BCUT2D eigenvalue weighted by molar-refractivity contribution is 5.18. The number of benzene rings is 1. The van der Waals surface area contributed by atoms with Crippen molar-refractivity contribution in [3.8, 4) is 0 Å². The summed E-state index contributed by atoms with van der Waals surface area (Å²) >= 11 is 0. The zero-order valence-corrected chi connectivity index (χ0v) is 8.08. The smallest absolute Gasteiger partial charge is 0.130 e. The predicted molar refractivity (Wildman–Crippen MR) is 51.2 cm³/mol. The van der Waals surface area contributed by atoms with E-state index in [0.717, 1.165) is 12.1 Å². The molecule has 0 atom stereocenters. The van der Waals surface area contributed by atoms with Crippen LogP contribution >= 0.6 is 0 Å². The lowest BCUT2D eigenvalue weighted by Gasteiger charge is -2.13. The Hall–Kier alpha value is -1.04. The van der Waals surface area contributed by atoms with E-state index >= 15 is 0 Å². The highest BCUT2D eigenvalue weighted by Crippen LogP contribution is 2.09. The molecule has 0 amide bonds. The highest BCUT2D eigenvalue weighted by Gasteiger charge is 2.07. The first-order valence-electron chi connectivity index (χ1n) is 4.56. The minimum atomic E-state index is -0.642. The molecule has 5 heteroatoms. The van der Waals surface area contributed by atoms with Gasteiger partial charge in [0.2, 0.25) is 0 Å². The van der Waals surface area contributed by atoms with Crippen molar-refractivity contribution < 1.29 is 19.0 Å². The quantitative estimate of drug-likeness (QED) is 0.669. The summed E-state index contributed by atoms with van der Waals surface area (Å²) in [5, 5.41) is 20.2. The van der Waals surface area contributed by atoms with Gasteiger partial charge in [0.05, 0.1) is 19.3 Å². The van der Waals surface area contributed by atoms with E-state index in [-0.39, 0.29) is 19.8 Å². The van der Waals surface area contributed by atoms with Crippen molar-refractivity contribution in [3.05, 3.63) is 35.4 Å². The van der Waals surface area contributed by atoms with Crippen LogP contribution in [0.1, 0.15) is 5.56 Å². The van der Waals surface area contributed by atoms with E-state index in [1.165, 1.54) is 6.07 Å². The second-order valence-electron chi connectivity index (χ2n) is 3.18. The van der Waals surface area contributed by atoms with Gasteiger partial charge in [-0.2, -0.15) is 0 Å². The molecule has 0 aliphatic rings. The fourth-order valence-electron chi connectivity index (χ4n) is 1.11. The Morgan fingerprint density at radius 2 is 1.87 bits per heavy atom. The highest BCUT2D eigenvalue weighted by atomic mass is 19.1. The molecule has 1 aromatic carbocycles. The van der Waals surface area contributed by atoms with E-state index in [0.29, 0.717) is 5.56 Å². The van der Waals surface area contributed by atoms with Crippen molar-refractivity contribution >= 4 is 0 Å². The molecule has 84 valence electrons. The van der Waals surface area contributed by atoms with Gasteiger partial charge in [0.25, 0.3) is 0 Å². The first-order chi connectivity index (χ1) is 7.17. The minimum Gasteiger partial charge on any atom is -0.395 e. The third-order valence-corrected chi connectivity index (χ3v) is 2.04. The molecule has 0 bridgehead atoms. The van der Waals surface area contributed by atoms with Crippen LogP contribution in [0.5, 0.6) is 0 Å². The van der Waals surface area contributed by atoms with Gasteiger partial charge in [-0.3, -0.25) is 0 Å². The van der Waals surface area contributed by atoms with Crippen molar-refractivity contribution in [2.45, 2.75) is 12.6 Å². The summed E-state index contributed by atoms with van der Waals surface area (Å²) < 4.78 is 25.6. The molecule has 0 unspecified atom stereocenters. The summed E-state index contributed by atoms with van der Waals surface area (Å²) in [6.07, 6.45) is 0. The van der Waals surface area contributed by atoms with Gasteiger partial charge >= 0.3 is 0 Å². The van der Waals surface area contributed by atoms with E-state index in [1.54, 1.807) is 0 Å². The lowest BCUT2D eigenvalue weighted by Crippen LogP contribution is -2.35. The summed E-state index contributed by atoms with van der Waals surface area (Å²) in [6.45, 7) is -0.337. The van der Waals surface area contributed by atoms with Gasteiger partial charge in [-0.05, 0) is 6.07 Å². The molecule has 0 aliphatic heterocycles. The van der Waals surface area contributed by atoms with E-state index in [4.69, 9.17) is 10.2 Å². The minimum absolute atomic E-state index is 0.137. The summed E-state index contributed by atoms with van der Waals surface area (Å²) in [5.74, 6) is -1.27. The van der Waals surface area contributed by atoms with Gasteiger partial charge in [0, 0.05) is 18.2 Å². The molecule has 0 saturated heterocycles. The van der Waals surface area contributed by atoms with Gasteiger partial charge < -0.3 is 15.5 Å². The Bertz CT molecular complexity index is 316. The maximum atomic E-state index is 13.1. The standard InChI is InChI=1S/C10H13F2NO2/c11-8-2-1-7(10(12)3-8)4-13-9(5-14)6-15/h1-3,9,13-15H,4-6H2. The molecular weight excluding hydrogens is 204 g/mol. The molecule has 3 N–H and O–H groups in total. The van der Waals surface area contributed by atoms with Gasteiger partial charge in [-0.1, -0.05) is 6.07 Å². The summed E-state index contributed by atoms with van der Waals surface area (Å²) in [4.78, 5) is 0. The molecule has 0 aliphatic carbocycles. The third-order valence-electron chi connectivity index (χ3n) is 2.04. The van der Waals surface area contributed by atoms with Crippen molar-refractivity contribution in [1.29, 1.82) is 0 Å². The Kier molecular flexibility index (Phi) is 4.61. The summed E-state index contributed by atoms with van der Waals surface area (Å²) in [7, 11) is 0. The molecule has 0 radical (unpaired) electrons. The number of rotatable bonds is 5. The molecule has 1 aromatic rings. The number of nitrogens with one attached hydrogen (secondary N) is 1. The van der Waals surface area contributed by atoms with Crippen LogP contribution in [0.25, 0.3) is 0 Å². The van der Waals surface area contributed by atoms with Crippen LogP contribution in [0.15, 0.2) is 18.2 Å². The Balaban J connectivity index is 2.57. The lowest BCUT2D eigenvalue weighted by atomic mass is 10.2. The van der Waals surface area contributed by atoms with Crippen LogP contribution in [0.4, 0.5) is 8.78 Å². The number of aliphatic hydroxyl groups excluding tert-OH is 2. The van der Waals surface area contributed by atoms with Gasteiger partial charge in [0.1, 0.15) is 11.6 Å². The van der Waals surface area contributed by atoms with E-state index in [2.05, 4.69) is 5.32 Å². The number of aliphatic hydroxyl groups is 2. The van der Waals surface area contributed by atoms with Crippen molar-refractivity contribution in [3.63, 3.8) is 0 Å². The summed E-state index contributed by atoms with van der Waals surface area (Å²) in [6, 6.07) is 2.79. The van der Waals surface area contributed by atoms with Gasteiger partial charge in [0.15, 0.2) is 0 Å².